The predicted octanol–water partition coefficient (Wildman–Crippen LogP) is 4.35. The maximum atomic E-state index is 5.73. The molecule has 1 N–H and O–H groups in total. The molecule has 2 rings (SSSR count). The summed E-state index contributed by atoms with van der Waals surface area (Å²) >= 11 is 0. The van der Waals surface area contributed by atoms with Gasteiger partial charge in [0.1, 0.15) is 6.61 Å². The normalized spacial score (nSPS) is 12.0. The van der Waals surface area contributed by atoms with E-state index in [1.54, 1.807) is 7.11 Å². The molecule has 1 atom stereocenters. The van der Waals surface area contributed by atoms with Gasteiger partial charge in [-0.1, -0.05) is 43.3 Å². The van der Waals surface area contributed by atoms with Gasteiger partial charge in [-0.2, -0.15) is 0 Å². The maximum absolute atomic E-state index is 5.73. The predicted molar refractivity (Wildman–Crippen MR) is 101 cm³/mol. The van der Waals surface area contributed by atoms with Crippen LogP contribution >= 0.6 is 0 Å². The minimum atomic E-state index is 0.342. The number of benzene rings is 2. The number of ether oxygens (including phenoxy) is 3. The van der Waals surface area contributed by atoms with Gasteiger partial charge < -0.3 is 19.5 Å². The SMILES string of the molecule is CCOCCOc1ccc(CNC(CC)c2ccccc2)cc1OC. The summed E-state index contributed by atoms with van der Waals surface area (Å²) in [7, 11) is 1.67. The van der Waals surface area contributed by atoms with Crippen LogP contribution in [0.1, 0.15) is 37.4 Å². The van der Waals surface area contributed by atoms with Crippen LogP contribution in [0, 0.1) is 0 Å². The first kappa shape index (κ1) is 19.3. The topological polar surface area (TPSA) is 39.7 Å². The highest BCUT2D eigenvalue weighted by molar-refractivity contribution is 5.43. The smallest absolute Gasteiger partial charge is 0.161 e. The molecule has 4 heteroatoms. The number of rotatable bonds is 11. The van der Waals surface area contributed by atoms with Crippen LogP contribution in [0.3, 0.4) is 0 Å². The van der Waals surface area contributed by atoms with Gasteiger partial charge in [0.15, 0.2) is 11.5 Å². The highest BCUT2D eigenvalue weighted by atomic mass is 16.5. The molecule has 136 valence electrons. The van der Waals surface area contributed by atoms with Crippen molar-refractivity contribution >= 4 is 0 Å². The largest absolute Gasteiger partial charge is 0.493 e. The van der Waals surface area contributed by atoms with Crippen LogP contribution < -0.4 is 14.8 Å². The second kappa shape index (κ2) is 10.7. The molecule has 25 heavy (non-hydrogen) atoms. The molecule has 0 saturated heterocycles. The first-order valence-electron chi connectivity index (χ1n) is 8.94. The van der Waals surface area contributed by atoms with E-state index < -0.39 is 0 Å². The van der Waals surface area contributed by atoms with Gasteiger partial charge in [0, 0.05) is 19.2 Å². The fraction of sp³-hybridized carbons (Fsp3) is 0.429. The van der Waals surface area contributed by atoms with E-state index in [4.69, 9.17) is 14.2 Å². The minimum Gasteiger partial charge on any atom is -0.493 e. The highest BCUT2D eigenvalue weighted by Gasteiger charge is 2.10. The molecule has 0 spiro atoms. The number of methoxy groups -OCH3 is 1. The summed E-state index contributed by atoms with van der Waals surface area (Å²) in [4.78, 5) is 0. The Labute approximate surface area is 151 Å². The molecule has 1 unspecified atom stereocenters. The molecule has 0 bridgehead atoms. The Morgan fingerprint density at radius 3 is 2.44 bits per heavy atom. The standard InChI is InChI=1S/C21H29NO3/c1-4-19(18-9-7-6-8-10-18)22-16-17-11-12-20(21(15-17)23-3)25-14-13-24-5-2/h6-12,15,19,22H,4-5,13-14,16H2,1-3H3. The molecule has 0 aromatic heterocycles. The fourth-order valence-electron chi connectivity index (χ4n) is 2.72. The Kier molecular flexibility index (Phi) is 8.29. The zero-order chi connectivity index (χ0) is 17.9. The van der Waals surface area contributed by atoms with Crippen LogP contribution in [0.5, 0.6) is 11.5 Å². The second-order valence-electron chi connectivity index (χ2n) is 5.78. The van der Waals surface area contributed by atoms with Gasteiger partial charge in [0.25, 0.3) is 0 Å². The van der Waals surface area contributed by atoms with E-state index in [0.717, 1.165) is 24.5 Å². The van der Waals surface area contributed by atoms with Crippen molar-refractivity contribution in [1.82, 2.24) is 5.32 Å². The molecular formula is C21H29NO3. The molecule has 2 aromatic carbocycles. The third-order valence-corrected chi connectivity index (χ3v) is 4.08. The van der Waals surface area contributed by atoms with Gasteiger partial charge in [-0.25, -0.2) is 0 Å². The van der Waals surface area contributed by atoms with Crippen molar-refractivity contribution in [1.29, 1.82) is 0 Å². The van der Waals surface area contributed by atoms with Gasteiger partial charge in [-0.15, -0.1) is 0 Å². The number of hydrogen-bond acceptors (Lipinski definition) is 4. The quantitative estimate of drug-likeness (QED) is 0.616. The molecule has 0 saturated carbocycles. The summed E-state index contributed by atoms with van der Waals surface area (Å²) in [5, 5.41) is 3.62. The summed E-state index contributed by atoms with van der Waals surface area (Å²) in [6.45, 7) is 6.75. The molecule has 2 aromatic rings. The van der Waals surface area contributed by atoms with E-state index in [1.807, 2.05) is 25.1 Å². The van der Waals surface area contributed by atoms with E-state index in [1.165, 1.54) is 11.1 Å². The van der Waals surface area contributed by atoms with Crippen molar-refractivity contribution in [2.75, 3.05) is 26.9 Å². The summed E-state index contributed by atoms with van der Waals surface area (Å²) < 4.78 is 16.5. The lowest BCUT2D eigenvalue weighted by Gasteiger charge is -2.18. The van der Waals surface area contributed by atoms with Crippen molar-refractivity contribution in [3.63, 3.8) is 0 Å². The van der Waals surface area contributed by atoms with Crippen LogP contribution in [0.4, 0.5) is 0 Å². The average Bonchev–Trinajstić information content (AvgIpc) is 2.67. The van der Waals surface area contributed by atoms with Crippen LogP contribution in [0.25, 0.3) is 0 Å². The Bertz CT molecular complexity index is 616. The van der Waals surface area contributed by atoms with Crippen LogP contribution in [0.2, 0.25) is 0 Å². The molecule has 0 aliphatic carbocycles. The Balaban J connectivity index is 1.95. The van der Waals surface area contributed by atoms with E-state index in [2.05, 4.69) is 42.6 Å². The van der Waals surface area contributed by atoms with Gasteiger partial charge in [0.2, 0.25) is 0 Å². The molecular weight excluding hydrogens is 314 g/mol. The first-order chi connectivity index (χ1) is 12.3. The summed E-state index contributed by atoms with van der Waals surface area (Å²) in [6.07, 6.45) is 1.04. The molecule has 4 nitrogen and oxygen atoms in total. The fourth-order valence-corrected chi connectivity index (χ4v) is 2.72. The maximum Gasteiger partial charge on any atom is 0.161 e. The molecule has 0 aliphatic heterocycles. The van der Waals surface area contributed by atoms with Gasteiger partial charge in [0.05, 0.1) is 13.7 Å². The third kappa shape index (κ3) is 6.07. The van der Waals surface area contributed by atoms with Crippen molar-refractivity contribution in [2.24, 2.45) is 0 Å². The van der Waals surface area contributed by atoms with E-state index in [-0.39, 0.29) is 0 Å². The highest BCUT2D eigenvalue weighted by Crippen LogP contribution is 2.28. The zero-order valence-corrected chi connectivity index (χ0v) is 15.5. The Hall–Kier alpha value is -2.04. The van der Waals surface area contributed by atoms with Crippen molar-refractivity contribution in [2.45, 2.75) is 32.9 Å². The lowest BCUT2D eigenvalue weighted by atomic mass is 10.0. The average molecular weight is 343 g/mol. The number of hydrogen-bond donors (Lipinski definition) is 1. The molecule has 0 amide bonds. The van der Waals surface area contributed by atoms with Crippen molar-refractivity contribution < 1.29 is 14.2 Å². The zero-order valence-electron chi connectivity index (χ0n) is 15.5. The van der Waals surface area contributed by atoms with Crippen LogP contribution in [-0.2, 0) is 11.3 Å². The Morgan fingerprint density at radius 1 is 0.960 bits per heavy atom. The lowest BCUT2D eigenvalue weighted by Crippen LogP contribution is -2.20. The number of nitrogens with one attached hydrogen (secondary N) is 1. The monoisotopic (exact) mass is 343 g/mol. The second-order valence-corrected chi connectivity index (χ2v) is 5.78. The van der Waals surface area contributed by atoms with Gasteiger partial charge >= 0.3 is 0 Å². The summed E-state index contributed by atoms with van der Waals surface area (Å²) in [5.41, 5.74) is 2.48. The van der Waals surface area contributed by atoms with E-state index in [9.17, 15) is 0 Å². The van der Waals surface area contributed by atoms with Crippen molar-refractivity contribution in [3.8, 4) is 11.5 Å². The lowest BCUT2D eigenvalue weighted by molar-refractivity contribution is 0.109. The van der Waals surface area contributed by atoms with E-state index >= 15 is 0 Å². The molecule has 0 aliphatic rings. The van der Waals surface area contributed by atoms with Crippen molar-refractivity contribution in [3.05, 3.63) is 59.7 Å². The van der Waals surface area contributed by atoms with Crippen LogP contribution in [0.15, 0.2) is 48.5 Å². The summed E-state index contributed by atoms with van der Waals surface area (Å²) in [5.74, 6) is 1.50. The van der Waals surface area contributed by atoms with Gasteiger partial charge in [-0.3, -0.25) is 0 Å². The first-order valence-corrected chi connectivity index (χ1v) is 8.94. The Morgan fingerprint density at radius 2 is 1.76 bits per heavy atom. The molecule has 0 fully saturated rings. The summed E-state index contributed by atoms with van der Waals surface area (Å²) in [6, 6.07) is 16.9. The van der Waals surface area contributed by atoms with Gasteiger partial charge in [-0.05, 0) is 36.6 Å². The molecule has 0 radical (unpaired) electrons. The van der Waals surface area contributed by atoms with Crippen LogP contribution in [-0.4, -0.2) is 26.9 Å². The molecule has 0 heterocycles. The minimum absolute atomic E-state index is 0.342. The third-order valence-electron chi connectivity index (χ3n) is 4.08. The van der Waals surface area contributed by atoms with E-state index in [0.29, 0.717) is 25.9 Å².